The van der Waals surface area contributed by atoms with Gasteiger partial charge in [-0.25, -0.2) is 13.8 Å². The second-order valence-electron chi connectivity index (χ2n) is 6.77. The average molecular weight is 413 g/mol. The first-order valence-electron chi connectivity index (χ1n) is 9.01. The number of anilines is 1. The maximum Gasteiger partial charge on any atom is 0.263 e. The molecule has 2 amide bonds. The van der Waals surface area contributed by atoms with Crippen molar-refractivity contribution in [2.24, 2.45) is 0 Å². The molecule has 2 heterocycles. The smallest absolute Gasteiger partial charge is 0.263 e. The summed E-state index contributed by atoms with van der Waals surface area (Å²) in [6.07, 6.45) is 0.154. The van der Waals surface area contributed by atoms with Gasteiger partial charge in [-0.15, -0.1) is 11.3 Å². The van der Waals surface area contributed by atoms with Gasteiger partial charge < -0.3 is 10.2 Å². The molecule has 5 nitrogen and oxygen atoms in total. The van der Waals surface area contributed by atoms with Gasteiger partial charge in [-0.2, -0.15) is 0 Å². The number of amides is 2. The lowest BCUT2D eigenvalue weighted by molar-refractivity contribution is -0.117. The molecule has 0 spiro atoms. The van der Waals surface area contributed by atoms with Crippen molar-refractivity contribution in [1.82, 2.24) is 10.3 Å². The first-order chi connectivity index (χ1) is 13.9. The summed E-state index contributed by atoms with van der Waals surface area (Å²) in [7, 11) is 0. The van der Waals surface area contributed by atoms with Crippen molar-refractivity contribution in [2.75, 3.05) is 11.4 Å². The first kappa shape index (κ1) is 19.2. The van der Waals surface area contributed by atoms with Crippen LogP contribution >= 0.6 is 11.3 Å². The molecular weight excluding hydrogens is 396 g/mol. The van der Waals surface area contributed by atoms with Crippen LogP contribution in [-0.4, -0.2) is 29.4 Å². The van der Waals surface area contributed by atoms with Crippen LogP contribution in [0.2, 0.25) is 0 Å². The Kier molecular flexibility index (Phi) is 5.10. The summed E-state index contributed by atoms with van der Waals surface area (Å²) in [5.74, 6) is -1.27. The summed E-state index contributed by atoms with van der Waals surface area (Å²) in [6.45, 7) is 1.99. The van der Waals surface area contributed by atoms with Gasteiger partial charge in [-0.05, 0) is 43.3 Å². The standard InChI is InChI=1S/C21H17F2N3O2S/c1-12-19(29-21(24-12)16-4-2-3-5-17(16)23)20(28)25-14-10-18(27)26(11-14)15-8-6-13(22)7-9-15/h2-9,14H,10-11H2,1H3,(H,25,28). The zero-order valence-electron chi connectivity index (χ0n) is 15.5. The topological polar surface area (TPSA) is 62.3 Å². The van der Waals surface area contributed by atoms with Crippen molar-refractivity contribution in [3.63, 3.8) is 0 Å². The highest BCUT2D eigenvalue weighted by Gasteiger charge is 2.32. The molecule has 2 aromatic carbocycles. The normalized spacial score (nSPS) is 16.3. The molecule has 1 unspecified atom stereocenters. The van der Waals surface area contributed by atoms with E-state index in [0.717, 1.165) is 11.3 Å². The third kappa shape index (κ3) is 3.88. The van der Waals surface area contributed by atoms with Gasteiger partial charge in [0, 0.05) is 24.2 Å². The molecule has 1 aromatic heterocycles. The Morgan fingerprint density at radius 2 is 1.90 bits per heavy atom. The second kappa shape index (κ2) is 7.71. The number of nitrogens with zero attached hydrogens (tertiary/aromatic N) is 2. The van der Waals surface area contributed by atoms with Crippen molar-refractivity contribution in [1.29, 1.82) is 0 Å². The molecule has 1 aliphatic heterocycles. The number of nitrogens with one attached hydrogen (secondary N) is 1. The molecule has 29 heavy (non-hydrogen) atoms. The molecule has 0 bridgehead atoms. The van der Waals surface area contributed by atoms with Crippen molar-refractivity contribution in [3.05, 3.63) is 70.7 Å². The molecule has 4 rings (SSSR count). The number of hydrogen-bond donors (Lipinski definition) is 1. The van der Waals surface area contributed by atoms with E-state index in [0.29, 0.717) is 33.4 Å². The highest BCUT2D eigenvalue weighted by atomic mass is 32.1. The van der Waals surface area contributed by atoms with Crippen LogP contribution in [0.3, 0.4) is 0 Å². The van der Waals surface area contributed by atoms with E-state index >= 15 is 0 Å². The Bertz CT molecular complexity index is 1080. The number of aromatic nitrogens is 1. The van der Waals surface area contributed by atoms with Crippen LogP contribution in [0.5, 0.6) is 0 Å². The van der Waals surface area contributed by atoms with Gasteiger partial charge in [-0.1, -0.05) is 12.1 Å². The highest BCUT2D eigenvalue weighted by molar-refractivity contribution is 7.17. The number of carbonyl (C=O) groups excluding carboxylic acids is 2. The number of hydrogen-bond acceptors (Lipinski definition) is 4. The van der Waals surface area contributed by atoms with E-state index in [-0.39, 0.29) is 30.1 Å². The van der Waals surface area contributed by atoms with Crippen molar-refractivity contribution >= 4 is 28.8 Å². The fourth-order valence-electron chi connectivity index (χ4n) is 3.28. The molecule has 1 saturated heterocycles. The Balaban J connectivity index is 1.48. The molecule has 0 saturated carbocycles. The molecule has 1 aliphatic rings. The summed E-state index contributed by atoms with van der Waals surface area (Å²) in [5, 5.41) is 3.29. The summed E-state index contributed by atoms with van der Waals surface area (Å²) < 4.78 is 27.1. The van der Waals surface area contributed by atoms with Crippen molar-refractivity contribution in [2.45, 2.75) is 19.4 Å². The Labute approximate surface area is 170 Å². The summed E-state index contributed by atoms with van der Waals surface area (Å²) >= 11 is 1.11. The number of halogens is 2. The molecule has 3 aromatic rings. The highest BCUT2D eigenvalue weighted by Crippen LogP contribution is 2.30. The van der Waals surface area contributed by atoms with E-state index in [1.54, 1.807) is 25.1 Å². The monoisotopic (exact) mass is 413 g/mol. The Morgan fingerprint density at radius 3 is 2.62 bits per heavy atom. The van der Waals surface area contributed by atoms with E-state index < -0.39 is 5.82 Å². The van der Waals surface area contributed by atoms with Crippen molar-refractivity contribution in [3.8, 4) is 10.6 Å². The minimum atomic E-state index is -0.399. The predicted octanol–water partition coefficient (Wildman–Crippen LogP) is 3.93. The van der Waals surface area contributed by atoms with E-state index in [9.17, 15) is 18.4 Å². The lowest BCUT2D eigenvalue weighted by Gasteiger charge is -2.17. The van der Waals surface area contributed by atoms with Gasteiger partial charge in [0.25, 0.3) is 5.91 Å². The zero-order chi connectivity index (χ0) is 20.5. The van der Waals surface area contributed by atoms with Crippen LogP contribution in [0, 0.1) is 18.6 Å². The summed E-state index contributed by atoms with van der Waals surface area (Å²) in [6, 6.07) is 11.5. The van der Waals surface area contributed by atoms with E-state index in [4.69, 9.17) is 0 Å². The van der Waals surface area contributed by atoms with Crippen LogP contribution in [0.1, 0.15) is 21.8 Å². The van der Waals surface area contributed by atoms with Gasteiger partial charge in [0.1, 0.15) is 21.5 Å². The van der Waals surface area contributed by atoms with Crippen LogP contribution in [-0.2, 0) is 4.79 Å². The van der Waals surface area contributed by atoms with Crippen LogP contribution in [0.15, 0.2) is 48.5 Å². The predicted molar refractivity (Wildman–Crippen MR) is 107 cm³/mol. The van der Waals surface area contributed by atoms with Gasteiger partial charge in [0.05, 0.1) is 11.7 Å². The van der Waals surface area contributed by atoms with E-state index in [1.807, 2.05) is 0 Å². The molecular formula is C21H17F2N3O2S. The number of carbonyl (C=O) groups is 2. The molecule has 1 fully saturated rings. The van der Waals surface area contributed by atoms with Crippen molar-refractivity contribution < 1.29 is 18.4 Å². The Morgan fingerprint density at radius 1 is 1.17 bits per heavy atom. The second-order valence-corrected chi connectivity index (χ2v) is 7.77. The molecule has 0 aliphatic carbocycles. The summed E-state index contributed by atoms with van der Waals surface area (Å²) in [5.41, 5.74) is 1.44. The first-order valence-corrected chi connectivity index (χ1v) is 9.83. The number of thiazole rings is 1. The largest absolute Gasteiger partial charge is 0.346 e. The SMILES string of the molecule is Cc1nc(-c2ccccc2F)sc1C(=O)NC1CC(=O)N(c2ccc(F)cc2)C1. The third-order valence-corrected chi connectivity index (χ3v) is 5.90. The summed E-state index contributed by atoms with van der Waals surface area (Å²) in [4.78, 5) is 31.3. The number of benzene rings is 2. The maximum atomic E-state index is 14.0. The zero-order valence-corrected chi connectivity index (χ0v) is 16.3. The van der Waals surface area contributed by atoms with Crippen LogP contribution in [0.25, 0.3) is 10.6 Å². The molecule has 0 radical (unpaired) electrons. The molecule has 8 heteroatoms. The third-order valence-electron chi connectivity index (χ3n) is 4.71. The molecule has 148 valence electrons. The fourth-order valence-corrected chi connectivity index (χ4v) is 4.28. The maximum absolute atomic E-state index is 14.0. The lowest BCUT2D eigenvalue weighted by Crippen LogP contribution is -2.37. The van der Waals surface area contributed by atoms with Crippen LogP contribution < -0.4 is 10.2 Å². The quantitative estimate of drug-likeness (QED) is 0.705. The minimum Gasteiger partial charge on any atom is -0.346 e. The van der Waals surface area contributed by atoms with Crippen LogP contribution in [0.4, 0.5) is 14.5 Å². The van der Waals surface area contributed by atoms with Gasteiger partial charge in [0.15, 0.2) is 0 Å². The minimum absolute atomic E-state index is 0.144. The van der Waals surface area contributed by atoms with Gasteiger partial charge in [0.2, 0.25) is 5.91 Å². The molecule has 1 N–H and O–H groups in total. The molecule has 1 atom stereocenters. The van der Waals surface area contributed by atoms with E-state index in [2.05, 4.69) is 10.3 Å². The number of aryl methyl sites for hydroxylation is 1. The fraction of sp³-hybridized carbons (Fsp3) is 0.190. The number of rotatable bonds is 4. The van der Waals surface area contributed by atoms with Gasteiger partial charge >= 0.3 is 0 Å². The van der Waals surface area contributed by atoms with E-state index in [1.165, 1.54) is 35.2 Å². The Hall–Kier alpha value is -3.13. The van der Waals surface area contributed by atoms with Gasteiger partial charge in [-0.3, -0.25) is 9.59 Å². The average Bonchev–Trinajstić information content (AvgIpc) is 3.25. The lowest BCUT2D eigenvalue weighted by atomic mass is 10.2.